The number of aldehydes is 1. The minimum absolute atomic E-state index is 0.655. The molecule has 0 aliphatic carbocycles. The molecule has 0 amide bonds. The molecule has 1 aromatic heterocycles. The monoisotopic (exact) mass is 221 g/mol. The van der Waals surface area contributed by atoms with E-state index in [1.807, 2.05) is 39.3 Å². The van der Waals surface area contributed by atoms with E-state index < -0.39 is 0 Å². The summed E-state index contributed by atoms with van der Waals surface area (Å²) in [4.78, 5) is 10.6. The number of aryl methyl sites for hydroxylation is 1. The minimum atomic E-state index is 0.655. The van der Waals surface area contributed by atoms with Crippen molar-refractivity contribution >= 4 is 18.4 Å². The normalized spacial score (nSPS) is 7.81. The van der Waals surface area contributed by atoms with Crippen LogP contribution < -0.4 is 0 Å². The lowest BCUT2D eigenvalue weighted by Gasteiger charge is -1.96. The van der Waals surface area contributed by atoms with Gasteiger partial charge in [0.25, 0.3) is 0 Å². The number of carbonyl (C=O) groups is 1. The molecule has 2 heteroatoms. The summed E-state index contributed by atoms with van der Waals surface area (Å²) in [7, 11) is 1.87. The lowest BCUT2D eigenvalue weighted by molar-refractivity contribution is 0.112. The zero-order chi connectivity index (χ0) is 13.1. The molecule has 0 aromatic carbocycles. The molecule has 0 bridgehead atoms. The summed E-state index contributed by atoms with van der Waals surface area (Å²) in [6.07, 6.45) is 5.97. The van der Waals surface area contributed by atoms with Crippen LogP contribution in [0, 0.1) is 0 Å². The van der Waals surface area contributed by atoms with Crippen molar-refractivity contribution in [1.29, 1.82) is 0 Å². The van der Waals surface area contributed by atoms with Crippen LogP contribution in [0.2, 0.25) is 0 Å². The van der Waals surface area contributed by atoms with E-state index in [0.717, 1.165) is 17.5 Å². The lowest BCUT2D eigenvalue weighted by atomic mass is 10.1. The van der Waals surface area contributed by atoms with Crippen LogP contribution in [-0.2, 0) is 7.05 Å². The van der Waals surface area contributed by atoms with Crippen LogP contribution >= 0.6 is 0 Å². The molecular formula is C14H23NO. The predicted octanol–water partition coefficient (Wildman–Crippen LogP) is 4.18. The fraction of sp³-hybridized carbons (Fsp3) is 0.357. The first kappa shape index (κ1) is 16.8. The molecule has 1 heterocycles. The first-order valence-corrected chi connectivity index (χ1v) is 5.64. The van der Waals surface area contributed by atoms with Gasteiger partial charge in [-0.2, -0.15) is 0 Å². The van der Waals surface area contributed by atoms with Crippen molar-refractivity contribution < 1.29 is 4.79 Å². The molecule has 0 saturated heterocycles. The Kier molecular flexibility index (Phi) is 10.5. The maximum Gasteiger partial charge on any atom is 0.152 e. The largest absolute Gasteiger partial charge is 0.350 e. The number of rotatable bonds is 3. The van der Waals surface area contributed by atoms with Gasteiger partial charge in [-0.05, 0) is 6.08 Å². The molecule has 0 saturated carbocycles. The van der Waals surface area contributed by atoms with Gasteiger partial charge in [-0.3, -0.25) is 4.79 Å². The highest BCUT2D eigenvalue weighted by Crippen LogP contribution is 2.17. The Morgan fingerprint density at radius 2 is 1.62 bits per heavy atom. The van der Waals surface area contributed by atoms with E-state index in [2.05, 4.69) is 13.2 Å². The number of hydrogen-bond donors (Lipinski definition) is 0. The van der Waals surface area contributed by atoms with Crippen LogP contribution in [0.1, 0.15) is 49.3 Å². The van der Waals surface area contributed by atoms with Crippen LogP contribution in [0.25, 0.3) is 12.2 Å². The summed E-state index contributed by atoms with van der Waals surface area (Å²) in [6.45, 7) is 15.3. The van der Waals surface area contributed by atoms with Crippen molar-refractivity contribution in [2.45, 2.75) is 27.7 Å². The average Bonchev–Trinajstić information content (AvgIpc) is 2.69. The molecular weight excluding hydrogens is 198 g/mol. The van der Waals surface area contributed by atoms with E-state index in [9.17, 15) is 4.79 Å². The maximum absolute atomic E-state index is 10.6. The molecule has 2 nitrogen and oxygen atoms in total. The Morgan fingerprint density at radius 3 is 1.94 bits per heavy atom. The lowest BCUT2D eigenvalue weighted by Crippen LogP contribution is -1.87. The molecule has 0 aliphatic rings. The van der Waals surface area contributed by atoms with Crippen LogP contribution in [0.5, 0.6) is 0 Å². The molecule has 0 radical (unpaired) electrons. The predicted molar refractivity (Wildman–Crippen MR) is 73.7 cm³/mol. The number of nitrogens with zero attached hydrogens (tertiary/aromatic N) is 1. The number of aromatic nitrogens is 1. The van der Waals surface area contributed by atoms with Crippen LogP contribution in [-0.4, -0.2) is 10.9 Å². The minimum Gasteiger partial charge on any atom is -0.350 e. The standard InChI is InChI=1S/C10H11NO.2C2H6/c1-4-9-8(7-12)6-11(3)10(9)5-2;2*1-2/h4-7H,1-2H2,3H3;2*1-2H3. The molecule has 0 aliphatic heterocycles. The van der Waals surface area contributed by atoms with Gasteiger partial charge < -0.3 is 4.57 Å². The zero-order valence-corrected chi connectivity index (χ0v) is 11.1. The van der Waals surface area contributed by atoms with E-state index >= 15 is 0 Å². The molecule has 1 aromatic rings. The van der Waals surface area contributed by atoms with Crippen molar-refractivity contribution in [3.05, 3.63) is 36.2 Å². The summed E-state index contributed by atoms with van der Waals surface area (Å²) < 4.78 is 1.85. The second kappa shape index (κ2) is 9.97. The van der Waals surface area contributed by atoms with Gasteiger partial charge in [0, 0.05) is 30.1 Å². The highest BCUT2D eigenvalue weighted by atomic mass is 16.1. The van der Waals surface area contributed by atoms with E-state index in [1.54, 1.807) is 18.3 Å². The first-order valence-electron chi connectivity index (χ1n) is 5.64. The van der Waals surface area contributed by atoms with Crippen LogP contribution in [0.3, 0.4) is 0 Å². The van der Waals surface area contributed by atoms with Gasteiger partial charge in [0.1, 0.15) is 0 Å². The number of carbonyl (C=O) groups excluding carboxylic acids is 1. The van der Waals surface area contributed by atoms with Crippen molar-refractivity contribution in [2.75, 3.05) is 0 Å². The topological polar surface area (TPSA) is 22.0 Å². The Balaban J connectivity index is 0. The van der Waals surface area contributed by atoms with Gasteiger partial charge in [0.2, 0.25) is 0 Å². The van der Waals surface area contributed by atoms with E-state index in [0.29, 0.717) is 5.56 Å². The van der Waals surface area contributed by atoms with Gasteiger partial charge in [-0.1, -0.05) is 46.9 Å². The molecule has 1 rings (SSSR count). The average molecular weight is 221 g/mol. The Labute approximate surface area is 99.3 Å². The molecule has 0 atom stereocenters. The molecule has 0 N–H and O–H groups in total. The highest BCUT2D eigenvalue weighted by molar-refractivity contribution is 5.84. The zero-order valence-electron chi connectivity index (χ0n) is 11.1. The smallest absolute Gasteiger partial charge is 0.152 e. The number of hydrogen-bond acceptors (Lipinski definition) is 1. The molecule has 0 spiro atoms. The Bertz CT molecular complexity index is 335. The fourth-order valence-corrected chi connectivity index (χ4v) is 1.26. The molecule has 0 fully saturated rings. The second-order valence-corrected chi connectivity index (χ2v) is 2.52. The first-order chi connectivity index (χ1) is 7.74. The van der Waals surface area contributed by atoms with Gasteiger partial charge in [-0.15, -0.1) is 0 Å². The van der Waals surface area contributed by atoms with E-state index in [1.165, 1.54) is 0 Å². The van der Waals surface area contributed by atoms with Crippen LogP contribution in [0.4, 0.5) is 0 Å². The van der Waals surface area contributed by atoms with Crippen molar-refractivity contribution in [3.8, 4) is 0 Å². The third kappa shape index (κ3) is 3.89. The third-order valence-corrected chi connectivity index (χ3v) is 1.82. The maximum atomic E-state index is 10.6. The van der Waals surface area contributed by atoms with Crippen LogP contribution in [0.15, 0.2) is 19.4 Å². The quantitative estimate of drug-likeness (QED) is 0.702. The fourth-order valence-electron chi connectivity index (χ4n) is 1.26. The third-order valence-electron chi connectivity index (χ3n) is 1.82. The van der Waals surface area contributed by atoms with Gasteiger partial charge >= 0.3 is 0 Å². The van der Waals surface area contributed by atoms with Crippen molar-refractivity contribution in [3.63, 3.8) is 0 Å². The summed E-state index contributed by atoms with van der Waals surface area (Å²) in [5.41, 5.74) is 2.43. The van der Waals surface area contributed by atoms with Gasteiger partial charge in [-0.25, -0.2) is 0 Å². The molecule has 0 unspecified atom stereocenters. The van der Waals surface area contributed by atoms with Gasteiger partial charge in [0.05, 0.1) is 0 Å². The SMILES string of the molecule is C=Cc1c(C=O)cn(C)c1C=C.CC.CC. The summed E-state index contributed by atoms with van der Waals surface area (Å²) in [5, 5.41) is 0. The van der Waals surface area contributed by atoms with Crippen molar-refractivity contribution in [1.82, 2.24) is 4.57 Å². The Hall–Kier alpha value is -1.57. The second-order valence-electron chi connectivity index (χ2n) is 2.52. The highest BCUT2D eigenvalue weighted by Gasteiger charge is 2.06. The Morgan fingerprint density at radius 1 is 1.12 bits per heavy atom. The van der Waals surface area contributed by atoms with Crippen molar-refractivity contribution in [2.24, 2.45) is 7.05 Å². The summed E-state index contributed by atoms with van der Waals surface area (Å²) in [5.74, 6) is 0. The summed E-state index contributed by atoms with van der Waals surface area (Å²) in [6, 6.07) is 0. The summed E-state index contributed by atoms with van der Waals surface area (Å²) >= 11 is 0. The van der Waals surface area contributed by atoms with E-state index in [-0.39, 0.29) is 0 Å². The molecule has 90 valence electrons. The van der Waals surface area contributed by atoms with Gasteiger partial charge in [0.15, 0.2) is 6.29 Å². The van der Waals surface area contributed by atoms with E-state index in [4.69, 9.17) is 0 Å². The molecule has 16 heavy (non-hydrogen) atoms.